The fourth-order valence-electron chi connectivity index (χ4n) is 2.45. The molecule has 15 heavy (non-hydrogen) atoms. The van der Waals surface area contributed by atoms with Crippen LogP contribution in [-0.4, -0.2) is 15.0 Å². The lowest BCUT2D eigenvalue weighted by molar-refractivity contribution is 0.671. The van der Waals surface area contributed by atoms with Gasteiger partial charge in [0.25, 0.3) is 0 Å². The molecule has 0 radical (unpaired) electrons. The van der Waals surface area contributed by atoms with Crippen molar-refractivity contribution in [3.8, 4) is 0 Å². The maximum absolute atomic E-state index is 4.61. The average molecular weight is 201 g/mol. The van der Waals surface area contributed by atoms with Crippen molar-refractivity contribution in [2.45, 2.75) is 38.5 Å². The minimum atomic E-state index is 0.595. The molecule has 0 bridgehead atoms. The third kappa shape index (κ3) is 1.52. The molecule has 0 amide bonds. The van der Waals surface area contributed by atoms with Gasteiger partial charge in [0.2, 0.25) is 0 Å². The Morgan fingerprint density at radius 1 is 1.33 bits per heavy atom. The second-order valence-electron chi connectivity index (χ2n) is 4.47. The number of hydrogen-bond acceptors (Lipinski definition) is 2. The van der Waals surface area contributed by atoms with Crippen molar-refractivity contribution in [2.75, 3.05) is 0 Å². The third-order valence-electron chi connectivity index (χ3n) is 3.24. The number of hydrogen-bond donors (Lipinski definition) is 1. The van der Waals surface area contributed by atoms with Gasteiger partial charge in [-0.1, -0.05) is 12.8 Å². The second-order valence-corrected chi connectivity index (χ2v) is 4.47. The van der Waals surface area contributed by atoms with Gasteiger partial charge in [0.05, 0.1) is 0 Å². The number of aromatic amines is 1. The van der Waals surface area contributed by atoms with Crippen LogP contribution in [0.15, 0.2) is 12.3 Å². The van der Waals surface area contributed by atoms with Crippen LogP contribution in [0, 0.1) is 6.92 Å². The van der Waals surface area contributed by atoms with Crippen molar-refractivity contribution in [1.29, 1.82) is 0 Å². The van der Waals surface area contributed by atoms with E-state index >= 15 is 0 Å². The molecule has 0 spiro atoms. The molecular formula is C12H15N3. The molecule has 0 aromatic carbocycles. The van der Waals surface area contributed by atoms with Gasteiger partial charge in [-0.2, -0.15) is 0 Å². The van der Waals surface area contributed by atoms with Crippen LogP contribution in [0.25, 0.3) is 11.0 Å². The minimum absolute atomic E-state index is 0.595. The van der Waals surface area contributed by atoms with E-state index in [0.717, 1.165) is 22.6 Å². The summed E-state index contributed by atoms with van der Waals surface area (Å²) in [5, 5.41) is 1.12. The highest BCUT2D eigenvalue weighted by Crippen LogP contribution is 2.32. The number of nitrogens with zero attached hydrogens (tertiary/aromatic N) is 2. The molecule has 0 unspecified atom stereocenters. The summed E-state index contributed by atoms with van der Waals surface area (Å²) in [7, 11) is 0. The van der Waals surface area contributed by atoms with Gasteiger partial charge in [0.1, 0.15) is 11.5 Å². The van der Waals surface area contributed by atoms with Crippen LogP contribution < -0.4 is 0 Å². The van der Waals surface area contributed by atoms with E-state index in [0.29, 0.717) is 5.92 Å². The number of aryl methyl sites for hydroxylation is 1. The van der Waals surface area contributed by atoms with Gasteiger partial charge in [-0.05, 0) is 25.8 Å². The van der Waals surface area contributed by atoms with E-state index in [1.807, 2.05) is 6.20 Å². The monoisotopic (exact) mass is 201 g/mol. The quantitative estimate of drug-likeness (QED) is 0.770. The van der Waals surface area contributed by atoms with E-state index in [1.54, 1.807) is 0 Å². The van der Waals surface area contributed by atoms with E-state index in [2.05, 4.69) is 27.9 Å². The Kier molecular flexibility index (Phi) is 1.97. The van der Waals surface area contributed by atoms with E-state index in [9.17, 15) is 0 Å². The number of rotatable bonds is 1. The topological polar surface area (TPSA) is 41.6 Å². The molecule has 2 aromatic rings. The molecule has 0 atom stereocenters. The van der Waals surface area contributed by atoms with Crippen molar-refractivity contribution < 1.29 is 0 Å². The molecule has 3 rings (SSSR count). The molecule has 1 saturated carbocycles. The van der Waals surface area contributed by atoms with Crippen molar-refractivity contribution in [2.24, 2.45) is 0 Å². The van der Waals surface area contributed by atoms with Crippen LogP contribution in [0.3, 0.4) is 0 Å². The van der Waals surface area contributed by atoms with E-state index < -0.39 is 0 Å². The summed E-state index contributed by atoms with van der Waals surface area (Å²) in [5.41, 5.74) is 2.15. The Hall–Kier alpha value is -1.38. The standard InChI is InChI=1S/C12H15N3/c1-8-6-10-7-13-11(15-12(10)14-8)9-4-2-3-5-9/h6-7,9H,2-5H2,1H3,(H,13,14,15). The lowest BCUT2D eigenvalue weighted by Crippen LogP contribution is -1.99. The third-order valence-corrected chi connectivity index (χ3v) is 3.24. The highest BCUT2D eigenvalue weighted by Gasteiger charge is 2.19. The molecule has 1 aliphatic rings. The van der Waals surface area contributed by atoms with E-state index in [4.69, 9.17) is 0 Å². The summed E-state index contributed by atoms with van der Waals surface area (Å²) < 4.78 is 0. The Morgan fingerprint density at radius 3 is 2.93 bits per heavy atom. The zero-order valence-electron chi connectivity index (χ0n) is 8.95. The first-order valence-corrected chi connectivity index (χ1v) is 5.65. The average Bonchev–Trinajstić information content (AvgIpc) is 2.82. The molecule has 3 nitrogen and oxygen atoms in total. The first-order chi connectivity index (χ1) is 7.33. The number of fused-ring (bicyclic) bond motifs is 1. The number of aromatic nitrogens is 3. The summed E-state index contributed by atoms with van der Waals surface area (Å²) in [5.74, 6) is 1.62. The molecule has 1 fully saturated rings. The number of H-pyrrole nitrogens is 1. The van der Waals surface area contributed by atoms with Crippen LogP contribution in [0.5, 0.6) is 0 Å². The first kappa shape index (κ1) is 8.89. The van der Waals surface area contributed by atoms with Crippen LogP contribution in [-0.2, 0) is 0 Å². The molecule has 1 N–H and O–H groups in total. The van der Waals surface area contributed by atoms with Gasteiger partial charge in [-0.15, -0.1) is 0 Å². The van der Waals surface area contributed by atoms with Gasteiger partial charge in [-0.3, -0.25) is 0 Å². The Balaban J connectivity index is 2.04. The minimum Gasteiger partial charge on any atom is -0.343 e. The normalized spacial score (nSPS) is 17.7. The summed E-state index contributed by atoms with van der Waals surface area (Å²) >= 11 is 0. The fourth-order valence-corrected chi connectivity index (χ4v) is 2.45. The highest BCUT2D eigenvalue weighted by molar-refractivity contribution is 5.75. The molecule has 0 saturated heterocycles. The largest absolute Gasteiger partial charge is 0.343 e. The fraction of sp³-hybridized carbons (Fsp3) is 0.500. The van der Waals surface area contributed by atoms with Gasteiger partial charge in [0, 0.05) is 23.2 Å². The summed E-state index contributed by atoms with van der Waals surface area (Å²) in [6, 6.07) is 2.09. The van der Waals surface area contributed by atoms with E-state index in [1.165, 1.54) is 25.7 Å². The predicted octanol–water partition coefficient (Wildman–Crippen LogP) is 2.92. The Bertz CT molecular complexity index is 481. The zero-order chi connectivity index (χ0) is 10.3. The molecular weight excluding hydrogens is 186 g/mol. The number of nitrogens with one attached hydrogen (secondary N) is 1. The first-order valence-electron chi connectivity index (χ1n) is 5.65. The predicted molar refractivity (Wildman–Crippen MR) is 59.8 cm³/mol. The van der Waals surface area contributed by atoms with Crippen molar-refractivity contribution in [3.63, 3.8) is 0 Å². The molecule has 1 aliphatic carbocycles. The van der Waals surface area contributed by atoms with Crippen molar-refractivity contribution in [1.82, 2.24) is 15.0 Å². The van der Waals surface area contributed by atoms with Crippen LogP contribution in [0.2, 0.25) is 0 Å². The smallest absolute Gasteiger partial charge is 0.141 e. The maximum atomic E-state index is 4.61. The van der Waals surface area contributed by atoms with Gasteiger partial charge < -0.3 is 4.98 Å². The SMILES string of the molecule is Cc1cc2cnc(C3CCCC3)nc2[nH]1. The Labute approximate surface area is 88.9 Å². The van der Waals surface area contributed by atoms with E-state index in [-0.39, 0.29) is 0 Å². The molecule has 0 aliphatic heterocycles. The van der Waals surface area contributed by atoms with Crippen molar-refractivity contribution in [3.05, 3.63) is 23.8 Å². The molecule has 78 valence electrons. The molecule has 2 aromatic heterocycles. The van der Waals surface area contributed by atoms with Gasteiger partial charge in [0.15, 0.2) is 0 Å². The van der Waals surface area contributed by atoms with Crippen molar-refractivity contribution >= 4 is 11.0 Å². The lowest BCUT2D eigenvalue weighted by atomic mass is 10.1. The van der Waals surface area contributed by atoms with Crippen LogP contribution in [0.1, 0.15) is 43.1 Å². The Morgan fingerprint density at radius 2 is 2.13 bits per heavy atom. The maximum Gasteiger partial charge on any atom is 0.141 e. The van der Waals surface area contributed by atoms with Gasteiger partial charge in [-0.25, -0.2) is 9.97 Å². The summed E-state index contributed by atoms with van der Waals surface area (Å²) in [4.78, 5) is 12.4. The zero-order valence-corrected chi connectivity index (χ0v) is 8.95. The van der Waals surface area contributed by atoms with Gasteiger partial charge >= 0.3 is 0 Å². The lowest BCUT2D eigenvalue weighted by Gasteiger charge is -2.05. The highest BCUT2D eigenvalue weighted by atomic mass is 14.9. The van der Waals surface area contributed by atoms with Crippen LogP contribution >= 0.6 is 0 Å². The molecule has 2 heterocycles. The molecule has 3 heteroatoms. The van der Waals surface area contributed by atoms with Crippen LogP contribution in [0.4, 0.5) is 0 Å². The summed E-state index contributed by atoms with van der Waals surface area (Å²) in [6.07, 6.45) is 7.11. The summed E-state index contributed by atoms with van der Waals surface area (Å²) in [6.45, 7) is 2.05. The second kappa shape index (κ2) is 3.33.